The molecular weight excluding hydrogens is 278 g/mol. The van der Waals surface area contributed by atoms with Crippen LogP contribution in [0.3, 0.4) is 0 Å². The molecule has 0 aliphatic carbocycles. The highest BCUT2D eigenvalue weighted by Crippen LogP contribution is 2.26. The zero-order valence-electron chi connectivity index (χ0n) is 9.31. The highest BCUT2D eigenvalue weighted by Gasteiger charge is 2.12. The molecular formula is C11H12ClNO2S2. The van der Waals surface area contributed by atoms with Crippen molar-refractivity contribution in [2.45, 2.75) is 31.1 Å². The molecule has 1 heterocycles. The molecule has 0 saturated heterocycles. The number of unbranched alkanes of at least 4 members (excludes halogenated alkanes) is 1. The number of rotatable bonds is 4. The Hall–Kier alpha value is -0.650. The molecule has 0 saturated carbocycles. The van der Waals surface area contributed by atoms with Crippen LogP contribution in [0, 0.1) is 0 Å². The molecule has 3 nitrogen and oxygen atoms in total. The zero-order valence-corrected chi connectivity index (χ0v) is 11.7. The first-order valence-corrected chi connectivity index (χ1v) is 8.47. The molecule has 0 aliphatic heterocycles. The molecule has 1 aromatic carbocycles. The van der Waals surface area contributed by atoms with Crippen molar-refractivity contribution < 1.29 is 8.42 Å². The number of benzene rings is 1. The van der Waals surface area contributed by atoms with Gasteiger partial charge in [-0.15, -0.1) is 11.3 Å². The fourth-order valence-corrected chi connectivity index (χ4v) is 3.30. The van der Waals surface area contributed by atoms with E-state index in [4.69, 9.17) is 10.7 Å². The molecule has 0 unspecified atom stereocenters. The van der Waals surface area contributed by atoms with Gasteiger partial charge in [0.2, 0.25) is 0 Å². The van der Waals surface area contributed by atoms with E-state index in [1.54, 1.807) is 17.4 Å². The van der Waals surface area contributed by atoms with Gasteiger partial charge in [0.25, 0.3) is 9.05 Å². The van der Waals surface area contributed by atoms with Gasteiger partial charge in [0.15, 0.2) is 0 Å². The lowest BCUT2D eigenvalue weighted by molar-refractivity contribution is 0.609. The van der Waals surface area contributed by atoms with E-state index in [9.17, 15) is 8.42 Å². The highest BCUT2D eigenvalue weighted by atomic mass is 35.7. The van der Waals surface area contributed by atoms with Gasteiger partial charge in [-0.2, -0.15) is 0 Å². The van der Waals surface area contributed by atoms with Crippen molar-refractivity contribution in [2.75, 3.05) is 0 Å². The molecule has 0 amide bonds. The Bertz CT molecular complexity index is 634. The monoisotopic (exact) mass is 289 g/mol. The second kappa shape index (κ2) is 4.92. The van der Waals surface area contributed by atoms with Gasteiger partial charge in [-0.05, 0) is 31.0 Å². The Kier molecular flexibility index (Phi) is 3.70. The number of thiazole rings is 1. The van der Waals surface area contributed by atoms with Crippen molar-refractivity contribution in [1.82, 2.24) is 4.98 Å². The fourth-order valence-electron chi connectivity index (χ4n) is 1.54. The van der Waals surface area contributed by atoms with Crippen LogP contribution >= 0.6 is 22.0 Å². The van der Waals surface area contributed by atoms with Gasteiger partial charge in [-0.1, -0.05) is 13.3 Å². The minimum absolute atomic E-state index is 0.110. The topological polar surface area (TPSA) is 47.0 Å². The average molecular weight is 290 g/mol. The molecule has 0 radical (unpaired) electrons. The minimum Gasteiger partial charge on any atom is -0.241 e. The van der Waals surface area contributed by atoms with Crippen molar-refractivity contribution in [3.63, 3.8) is 0 Å². The predicted molar refractivity (Wildman–Crippen MR) is 71.3 cm³/mol. The number of hydrogen-bond acceptors (Lipinski definition) is 4. The average Bonchev–Trinajstić information content (AvgIpc) is 2.66. The van der Waals surface area contributed by atoms with E-state index in [0.29, 0.717) is 5.52 Å². The maximum Gasteiger partial charge on any atom is 0.261 e. The van der Waals surface area contributed by atoms with Crippen LogP contribution in [0.1, 0.15) is 24.8 Å². The SMILES string of the molecule is CCCCc1nc2cc(S(=O)(=O)Cl)ccc2s1. The first-order valence-electron chi connectivity index (χ1n) is 5.35. The van der Waals surface area contributed by atoms with Gasteiger partial charge in [0.05, 0.1) is 20.1 Å². The standard InChI is InChI=1S/C11H12ClNO2S2/c1-2-3-4-11-13-9-7-8(17(12,14)15)5-6-10(9)16-11/h5-7H,2-4H2,1H3. The van der Waals surface area contributed by atoms with E-state index >= 15 is 0 Å². The third-order valence-electron chi connectivity index (χ3n) is 2.43. The lowest BCUT2D eigenvalue weighted by Crippen LogP contribution is -1.89. The van der Waals surface area contributed by atoms with Crippen LogP contribution in [0.4, 0.5) is 0 Å². The smallest absolute Gasteiger partial charge is 0.241 e. The normalized spacial score (nSPS) is 12.1. The number of fused-ring (bicyclic) bond motifs is 1. The third kappa shape index (κ3) is 2.97. The third-order valence-corrected chi connectivity index (χ3v) is 4.88. The van der Waals surface area contributed by atoms with Crippen LogP contribution in [0.2, 0.25) is 0 Å². The molecule has 0 spiro atoms. The predicted octanol–water partition coefficient (Wildman–Crippen LogP) is 3.57. The minimum atomic E-state index is -3.67. The van der Waals surface area contributed by atoms with Crippen LogP contribution in [-0.2, 0) is 15.5 Å². The maximum absolute atomic E-state index is 11.2. The number of halogens is 1. The van der Waals surface area contributed by atoms with E-state index < -0.39 is 9.05 Å². The Morgan fingerprint density at radius 1 is 1.41 bits per heavy atom. The second-order valence-corrected chi connectivity index (χ2v) is 7.46. The van der Waals surface area contributed by atoms with E-state index in [0.717, 1.165) is 29.0 Å². The summed E-state index contributed by atoms with van der Waals surface area (Å²) in [5, 5.41) is 1.05. The number of aryl methyl sites for hydroxylation is 1. The molecule has 1 aromatic heterocycles. The van der Waals surface area contributed by atoms with Crippen molar-refractivity contribution in [3.05, 3.63) is 23.2 Å². The van der Waals surface area contributed by atoms with Gasteiger partial charge in [-0.25, -0.2) is 13.4 Å². The molecule has 6 heteroatoms. The molecule has 92 valence electrons. The Balaban J connectivity index is 2.41. The second-order valence-electron chi connectivity index (χ2n) is 3.78. The van der Waals surface area contributed by atoms with E-state index in [1.807, 2.05) is 0 Å². The van der Waals surface area contributed by atoms with Crippen molar-refractivity contribution in [3.8, 4) is 0 Å². The first kappa shape index (κ1) is 12.8. The summed E-state index contributed by atoms with van der Waals surface area (Å²) in [7, 11) is 1.63. The van der Waals surface area contributed by atoms with Gasteiger partial charge >= 0.3 is 0 Å². The van der Waals surface area contributed by atoms with Crippen molar-refractivity contribution in [2.24, 2.45) is 0 Å². The molecule has 2 aromatic rings. The summed E-state index contributed by atoms with van der Waals surface area (Å²) in [5.41, 5.74) is 0.711. The fraction of sp³-hybridized carbons (Fsp3) is 0.364. The summed E-state index contributed by atoms with van der Waals surface area (Å²) < 4.78 is 23.4. The van der Waals surface area contributed by atoms with Crippen LogP contribution in [0.15, 0.2) is 23.1 Å². The molecule has 0 fully saturated rings. The van der Waals surface area contributed by atoms with Crippen LogP contribution in [0.25, 0.3) is 10.2 Å². The lowest BCUT2D eigenvalue weighted by atomic mass is 10.3. The first-order chi connectivity index (χ1) is 8.00. The maximum atomic E-state index is 11.2. The highest BCUT2D eigenvalue weighted by molar-refractivity contribution is 8.13. The zero-order chi connectivity index (χ0) is 12.5. The van der Waals surface area contributed by atoms with E-state index in [1.165, 1.54) is 12.1 Å². The molecule has 17 heavy (non-hydrogen) atoms. The van der Waals surface area contributed by atoms with Crippen molar-refractivity contribution in [1.29, 1.82) is 0 Å². The van der Waals surface area contributed by atoms with Crippen LogP contribution < -0.4 is 0 Å². The summed E-state index contributed by atoms with van der Waals surface area (Å²) in [6.07, 6.45) is 3.16. The molecule has 0 bridgehead atoms. The van der Waals surface area contributed by atoms with Crippen LogP contribution in [-0.4, -0.2) is 13.4 Å². The van der Waals surface area contributed by atoms with Gasteiger partial charge in [0, 0.05) is 10.7 Å². The Morgan fingerprint density at radius 2 is 2.18 bits per heavy atom. The lowest BCUT2D eigenvalue weighted by Gasteiger charge is -1.94. The molecule has 0 aliphatic rings. The summed E-state index contributed by atoms with van der Waals surface area (Å²) in [5.74, 6) is 0. The number of aromatic nitrogens is 1. The van der Waals surface area contributed by atoms with Gasteiger partial charge in [-0.3, -0.25) is 0 Å². The molecule has 0 N–H and O–H groups in total. The van der Waals surface area contributed by atoms with Gasteiger partial charge in [0.1, 0.15) is 0 Å². The summed E-state index contributed by atoms with van der Waals surface area (Å²) in [4.78, 5) is 4.53. The summed E-state index contributed by atoms with van der Waals surface area (Å²) in [6, 6.07) is 4.81. The Morgan fingerprint density at radius 3 is 2.82 bits per heavy atom. The Labute approximate surface area is 109 Å². The summed E-state index contributed by atoms with van der Waals surface area (Å²) >= 11 is 1.61. The quantitative estimate of drug-likeness (QED) is 0.809. The largest absolute Gasteiger partial charge is 0.261 e. The van der Waals surface area contributed by atoms with Crippen molar-refractivity contribution >= 4 is 41.3 Å². The number of nitrogens with zero attached hydrogens (tertiary/aromatic N) is 1. The van der Waals surface area contributed by atoms with Gasteiger partial charge < -0.3 is 0 Å². The summed E-state index contributed by atoms with van der Waals surface area (Å²) in [6.45, 7) is 2.13. The van der Waals surface area contributed by atoms with E-state index in [2.05, 4.69) is 11.9 Å². The molecule has 0 atom stereocenters. The van der Waals surface area contributed by atoms with E-state index in [-0.39, 0.29) is 4.90 Å². The molecule has 2 rings (SSSR count). The van der Waals surface area contributed by atoms with Crippen LogP contribution in [0.5, 0.6) is 0 Å². The number of hydrogen-bond donors (Lipinski definition) is 0.